The number of aryl methyl sites for hydroxylation is 1. The van der Waals surface area contributed by atoms with Gasteiger partial charge in [-0.25, -0.2) is 0 Å². The van der Waals surface area contributed by atoms with E-state index in [0.29, 0.717) is 0 Å². The first kappa shape index (κ1) is 16.4. The minimum absolute atomic E-state index is 0.0301. The second-order valence-electron chi connectivity index (χ2n) is 6.95. The minimum atomic E-state index is -0.246. The van der Waals surface area contributed by atoms with E-state index in [1.54, 1.807) is 11.3 Å². The highest BCUT2D eigenvalue weighted by Crippen LogP contribution is 2.41. The third-order valence-corrected chi connectivity index (χ3v) is 6.34. The number of hydrogen-bond donors (Lipinski definition) is 2. The molecule has 2 aliphatic rings. The summed E-state index contributed by atoms with van der Waals surface area (Å²) in [6.07, 6.45) is 4.25. The summed E-state index contributed by atoms with van der Waals surface area (Å²) in [5.41, 5.74) is 3.10. The van der Waals surface area contributed by atoms with Crippen LogP contribution in [0.1, 0.15) is 45.4 Å². The van der Waals surface area contributed by atoms with Crippen LogP contribution in [0, 0.1) is 0 Å². The fourth-order valence-corrected chi connectivity index (χ4v) is 5.14. The number of carbonyl (C=O) groups is 1. The topological polar surface area (TPSA) is 50.4 Å². The molecule has 5 rings (SSSR count). The van der Waals surface area contributed by atoms with Crippen molar-refractivity contribution in [2.24, 2.45) is 0 Å². The van der Waals surface area contributed by atoms with E-state index in [4.69, 9.17) is 4.74 Å². The van der Waals surface area contributed by atoms with E-state index in [1.807, 2.05) is 54.6 Å². The van der Waals surface area contributed by atoms with Gasteiger partial charge in [-0.2, -0.15) is 0 Å². The van der Waals surface area contributed by atoms with Crippen molar-refractivity contribution in [1.82, 2.24) is 5.32 Å². The van der Waals surface area contributed by atoms with Gasteiger partial charge in [0.25, 0.3) is 5.91 Å². The van der Waals surface area contributed by atoms with Crippen LogP contribution < -0.4 is 15.4 Å². The third-order valence-electron chi connectivity index (χ3n) is 5.12. The van der Waals surface area contributed by atoms with Crippen molar-refractivity contribution >= 4 is 22.2 Å². The van der Waals surface area contributed by atoms with E-state index in [9.17, 15) is 4.79 Å². The number of ether oxygens (including phenoxy) is 1. The van der Waals surface area contributed by atoms with Gasteiger partial charge in [0.2, 0.25) is 0 Å². The van der Waals surface area contributed by atoms with Crippen LogP contribution in [0.4, 0.5) is 5.00 Å². The summed E-state index contributed by atoms with van der Waals surface area (Å²) >= 11 is 1.74. The Morgan fingerprint density at radius 3 is 2.63 bits per heavy atom. The first-order valence-electron chi connectivity index (χ1n) is 9.33. The lowest BCUT2D eigenvalue weighted by Crippen LogP contribution is -2.38. The molecule has 0 saturated heterocycles. The predicted molar refractivity (Wildman–Crippen MR) is 108 cm³/mol. The lowest BCUT2D eigenvalue weighted by Gasteiger charge is -2.27. The van der Waals surface area contributed by atoms with Gasteiger partial charge in [-0.1, -0.05) is 30.3 Å². The number of benzene rings is 2. The van der Waals surface area contributed by atoms with Gasteiger partial charge in [0, 0.05) is 4.88 Å². The highest BCUT2D eigenvalue weighted by Gasteiger charge is 2.32. The van der Waals surface area contributed by atoms with Gasteiger partial charge in [0.15, 0.2) is 0 Å². The molecule has 4 nitrogen and oxygen atoms in total. The molecule has 1 aliphatic carbocycles. The molecule has 136 valence electrons. The van der Waals surface area contributed by atoms with E-state index >= 15 is 0 Å². The smallest absolute Gasteiger partial charge is 0.256 e. The Hall–Kier alpha value is -2.79. The molecule has 1 atom stereocenters. The molecule has 0 radical (unpaired) electrons. The zero-order valence-corrected chi connectivity index (χ0v) is 15.6. The molecule has 3 aromatic rings. The molecular weight excluding hydrogens is 356 g/mol. The Balaban J connectivity index is 1.42. The van der Waals surface area contributed by atoms with Crippen LogP contribution in [-0.4, -0.2) is 5.91 Å². The average Bonchev–Trinajstić information content (AvgIpc) is 3.08. The number of rotatable bonds is 3. The summed E-state index contributed by atoms with van der Waals surface area (Å²) in [4.78, 5) is 14.2. The second kappa shape index (κ2) is 6.74. The summed E-state index contributed by atoms with van der Waals surface area (Å²) in [6.45, 7) is 0. The Kier molecular flexibility index (Phi) is 4.09. The van der Waals surface area contributed by atoms with Crippen molar-refractivity contribution in [2.45, 2.75) is 31.8 Å². The highest BCUT2D eigenvalue weighted by molar-refractivity contribution is 7.16. The molecule has 1 amide bonds. The number of nitrogens with one attached hydrogen (secondary N) is 2. The molecular formula is C22H20N2O2S. The Morgan fingerprint density at radius 1 is 0.926 bits per heavy atom. The van der Waals surface area contributed by atoms with E-state index in [0.717, 1.165) is 40.5 Å². The second-order valence-corrected chi connectivity index (χ2v) is 8.06. The van der Waals surface area contributed by atoms with Crippen molar-refractivity contribution in [3.05, 3.63) is 76.2 Å². The summed E-state index contributed by atoms with van der Waals surface area (Å²) in [6, 6.07) is 17.6. The molecule has 0 unspecified atom stereocenters. The number of carbonyl (C=O) groups excluding carboxylic acids is 1. The Bertz CT molecular complexity index is 997. The summed E-state index contributed by atoms with van der Waals surface area (Å²) in [5.74, 6) is 1.58. The van der Waals surface area contributed by atoms with Crippen LogP contribution in [-0.2, 0) is 12.8 Å². The number of amides is 1. The molecule has 0 bridgehead atoms. The summed E-state index contributed by atoms with van der Waals surface area (Å²) < 4.78 is 5.93. The van der Waals surface area contributed by atoms with Gasteiger partial charge >= 0.3 is 0 Å². The molecule has 2 aromatic carbocycles. The third kappa shape index (κ3) is 3.08. The highest BCUT2D eigenvalue weighted by atomic mass is 32.1. The Morgan fingerprint density at radius 2 is 1.74 bits per heavy atom. The van der Waals surface area contributed by atoms with Crippen LogP contribution in [0.2, 0.25) is 0 Å². The molecule has 0 saturated carbocycles. The van der Waals surface area contributed by atoms with E-state index in [2.05, 4.69) is 10.6 Å². The monoisotopic (exact) mass is 376 g/mol. The first-order valence-corrected chi connectivity index (χ1v) is 10.1. The van der Waals surface area contributed by atoms with Crippen LogP contribution >= 0.6 is 11.3 Å². The number of para-hydroxylation sites is 1. The van der Waals surface area contributed by atoms with Crippen molar-refractivity contribution < 1.29 is 9.53 Å². The van der Waals surface area contributed by atoms with Gasteiger partial charge in [-0.15, -0.1) is 11.3 Å². The predicted octanol–water partition coefficient (Wildman–Crippen LogP) is 5.27. The van der Waals surface area contributed by atoms with Gasteiger partial charge in [0.05, 0.1) is 5.56 Å². The van der Waals surface area contributed by atoms with Gasteiger partial charge in [0.1, 0.15) is 22.7 Å². The molecule has 1 aliphatic heterocycles. The molecule has 0 spiro atoms. The summed E-state index contributed by atoms with van der Waals surface area (Å²) in [7, 11) is 0. The van der Waals surface area contributed by atoms with Gasteiger partial charge in [-0.05, 0) is 61.1 Å². The van der Waals surface area contributed by atoms with E-state index in [-0.39, 0.29) is 12.1 Å². The molecule has 0 fully saturated rings. The van der Waals surface area contributed by atoms with Crippen molar-refractivity contribution in [1.29, 1.82) is 0 Å². The van der Waals surface area contributed by atoms with Gasteiger partial charge < -0.3 is 15.4 Å². The molecule has 2 heterocycles. The quantitative estimate of drug-likeness (QED) is 0.654. The molecule has 2 N–H and O–H groups in total. The molecule has 1 aromatic heterocycles. The fourth-order valence-electron chi connectivity index (χ4n) is 3.83. The van der Waals surface area contributed by atoms with E-state index in [1.165, 1.54) is 23.3 Å². The zero-order valence-electron chi connectivity index (χ0n) is 14.8. The number of fused-ring (bicyclic) bond motifs is 3. The van der Waals surface area contributed by atoms with Crippen molar-refractivity contribution in [2.75, 3.05) is 5.32 Å². The van der Waals surface area contributed by atoms with Gasteiger partial charge in [-0.3, -0.25) is 4.79 Å². The normalized spacial score (nSPS) is 18.1. The maximum Gasteiger partial charge on any atom is 0.256 e. The van der Waals surface area contributed by atoms with Crippen molar-refractivity contribution in [3.63, 3.8) is 0 Å². The lowest BCUT2D eigenvalue weighted by molar-refractivity contribution is 0.0935. The number of anilines is 1. The number of hydrogen-bond acceptors (Lipinski definition) is 4. The summed E-state index contributed by atoms with van der Waals surface area (Å²) in [5, 5.41) is 7.64. The van der Waals surface area contributed by atoms with Crippen LogP contribution in [0.15, 0.2) is 54.6 Å². The molecule has 27 heavy (non-hydrogen) atoms. The Labute approximate surface area is 162 Å². The largest absolute Gasteiger partial charge is 0.457 e. The maximum atomic E-state index is 12.8. The maximum absolute atomic E-state index is 12.8. The lowest BCUT2D eigenvalue weighted by atomic mass is 9.94. The molecule has 5 heteroatoms. The van der Waals surface area contributed by atoms with Crippen molar-refractivity contribution in [3.8, 4) is 11.5 Å². The average molecular weight is 376 g/mol. The first-order chi connectivity index (χ1) is 13.3. The zero-order chi connectivity index (χ0) is 18.2. The fraction of sp³-hybridized carbons (Fsp3) is 0.227. The van der Waals surface area contributed by atoms with E-state index < -0.39 is 0 Å². The van der Waals surface area contributed by atoms with Crippen LogP contribution in [0.3, 0.4) is 0 Å². The SMILES string of the molecule is O=C1N[C@@H](c2cccc(Oc3ccccc3)c2)Nc2sc3c(c21)CCCC3. The van der Waals surface area contributed by atoms with Crippen LogP contribution in [0.25, 0.3) is 0 Å². The standard InChI is InChI=1S/C22H20N2O2S/c25-21-19-17-11-4-5-12-18(17)27-22(19)24-20(23-21)14-7-6-10-16(13-14)26-15-8-2-1-3-9-15/h1-3,6-10,13,20,24H,4-5,11-12H2,(H,23,25)/t20-/m1/s1. The number of thiophene rings is 1. The van der Waals surface area contributed by atoms with Crippen LogP contribution in [0.5, 0.6) is 11.5 Å². The minimum Gasteiger partial charge on any atom is -0.457 e.